The molecule has 3 aromatic carbocycles. The molecule has 0 atom stereocenters. The first kappa shape index (κ1) is 19.9. The highest BCUT2D eigenvalue weighted by Crippen LogP contribution is 2.37. The third kappa shape index (κ3) is 3.74. The monoisotopic (exact) mass is 469 g/mol. The maximum Gasteiger partial charge on any atom is 0.340 e. The lowest BCUT2D eigenvalue weighted by atomic mass is 10.1. The van der Waals surface area contributed by atoms with Gasteiger partial charge in [-0.3, -0.25) is 0 Å². The molecule has 0 bridgehead atoms. The van der Waals surface area contributed by atoms with Crippen molar-refractivity contribution in [3.05, 3.63) is 70.3 Å². The number of phenols is 1. The Bertz CT molecular complexity index is 1230. The highest BCUT2D eigenvalue weighted by Gasteiger charge is 2.23. The number of nitrogens with zero attached hydrogens (tertiary/aromatic N) is 1. The summed E-state index contributed by atoms with van der Waals surface area (Å²) in [4.78, 5) is 13.9. The zero-order valence-corrected chi connectivity index (χ0v) is 18.5. The number of aryl methyl sites for hydroxylation is 1. The van der Waals surface area contributed by atoms with Gasteiger partial charge in [0.05, 0.1) is 22.2 Å². The number of rotatable bonds is 5. The quantitative estimate of drug-likeness (QED) is 0.276. The highest BCUT2D eigenvalue weighted by atomic mass is 79.9. The van der Waals surface area contributed by atoms with Gasteiger partial charge >= 0.3 is 5.97 Å². The normalized spacial score (nSPS) is 11.3. The molecule has 148 valence electrons. The number of benzene rings is 3. The minimum Gasteiger partial charge on any atom is -0.507 e. The summed E-state index contributed by atoms with van der Waals surface area (Å²) in [6, 6.07) is 18.1. The van der Waals surface area contributed by atoms with Crippen LogP contribution in [0.25, 0.3) is 21.7 Å². The molecule has 1 N–H and O–H groups in total. The Morgan fingerprint density at radius 1 is 1.14 bits per heavy atom. The first-order chi connectivity index (χ1) is 14.0. The van der Waals surface area contributed by atoms with Crippen LogP contribution >= 0.6 is 27.7 Å². The topological polar surface area (TPSA) is 51.5 Å². The second kappa shape index (κ2) is 8.13. The number of halogens is 1. The van der Waals surface area contributed by atoms with Crippen LogP contribution in [0, 0.1) is 0 Å². The molecule has 0 saturated heterocycles. The Kier molecular flexibility index (Phi) is 5.56. The van der Waals surface area contributed by atoms with Gasteiger partial charge in [0.2, 0.25) is 0 Å². The van der Waals surface area contributed by atoms with Crippen LogP contribution in [-0.2, 0) is 17.5 Å². The van der Waals surface area contributed by atoms with Crippen molar-refractivity contribution in [3.8, 4) is 5.75 Å². The van der Waals surface area contributed by atoms with Gasteiger partial charge in [-0.15, -0.1) is 11.8 Å². The van der Waals surface area contributed by atoms with Crippen LogP contribution in [0.1, 0.15) is 23.0 Å². The van der Waals surface area contributed by atoms with Crippen molar-refractivity contribution >= 4 is 55.3 Å². The molecule has 29 heavy (non-hydrogen) atoms. The average molecular weight is 470 g/mol. The molecule has 0 fully saturated rings. The van der Waals surface area contributed by atoms with E-state index in [1.165, 1.54) is 10.8 Å². The van der Waals surface area contributed by atoms with Gasteiger partial charge in [0.1, 0.15) is 5.75 Å². The van der Waals surface area contributed by atoms with Crippen molar-refractivity contribution in [2.45, 2.75) is 17.6 Å². The second-order valence-electron chi connectivity index (χ2n) is 6.72. The van der Waals surface area contributed by atoms with Crippen LogP contribution in [0.5, 0.6) is 5.75 Å². The number of aromatic hydroxyl groups is 1. The van der Waals surface area contributed by atoms with Gasteiger partial charge in [0, 0.05) is 28.8 Å². The minimum atomic E-state index is -0.367. The van der Waals surface area contributed by atoms with Crippen molar-refractivity contribution in [3.63, 3.8) is 0 Å². The first-order valence-electron chi connectivity index (χ1n) is 9.28. The molecule has 4 nitrogen and oxygen atoms in total. The molecule has 0 aliphatic heterocycles. The largest absolute Gasteiger partial charge is 0.507 e. The number of ether oxygens (including phenoxy) is 1. The van der Waals surface area contributed by atoms with Gasteiger partial charge in [-0.05, 0) is 57.9 Å². The van der Waals surface area contributed by atoms with Crippen molar-refractivity contribution in [1.82, 2.24) is 4.57 Å². The van der Waals surface area contributed by atoms with Crippen LogP contribution in [0.4, 0.5) is 0 Å². The number of thioether (sulfide) groups is 1. The Balaban J connectivity index is 1.75. The summed E-state index contributed by atoms with van der Waals surface area (Å²) < 4.78 is 7.91. The number of hydrogen-bond acceptors (Lipinski definition) is 4. The number of carbonyl (C=O) groups excluding carboxylic acids is 1. The molecule has 4 rings (SSSR count). The van der Waals surface area contributed by atoms with Crippen LogP contribution in [0.2, 0.25) is 0 Å². The SMILES string of the molecule is CCOC(=O)c1c(CSc2ccc3ccccc3c2)n(C)c2cc(Br)c(O)cc12. The van der Waals surface area contributed by atoms with Crippen LogP contribution in [0.3, 0.4) is 0 Å². The van der Waals surface area contributed by atoms with E-state index in [0.717, 1.165) is 16.1 Å². The lowest BCUT2D eigenvalue weighted by Crippen LogP contribution is -2.08. The van der Waals surface area contributed by atoms with E-state index in [-0.39, 0.29) is 11.7 Å². The average Bonchev–Trinajstić information content (AvgIpc) is 2.98. The van der Waals surface area contributed by atoms with E-state index in [1.807, 2.05) is 29.8 Å². The molecule has 0 saturated carbocycles. The fourth-order valence-corrected chi connectivity index (χ4v) is 4.85. The lowest BCUT2D eigenvalue weighted by Gasteiger charge is -2.08. The minimum absolute atomic E-state index is 0.0994. The summed E-state index contributed by atoms with van der Waals surface area (Å²) in [6.45, 7) is 2.09. The van der Waals surface area contributed by atoms with Crippen molar-refractivity contribution in [2.75, 3.05) is 6.61 Å². The fourth-order valence-electron chi connectivity index (χ4n) is 3.51. The fraction of sp³-hybridized carbons (Fsp3) is 0.174. The number of esters is 1. The van der Waals surface area contributed by atoms with Crippen LogP contribution in [-0.4, -0.2) is 22.2 Å². The Hall–Kier alpha value is -2.44. The zero-order chi connectivity index (χ0) is 20.5. The van der Waals surface area contributed by atoms with Gasteiger partial charge in [0.25, 0.3) is 0 Å². The molecule has 6 heteroatoms. The van der Waals surface area contributed by atoms with E-state index in [2.05, 4.69) is 46.3 Å². The Morgan fingerprint density at radius 2 is 1.90 bits per heavy atom. The molecular weight excluding hydrogens is 450 g/mol. The number of fused-ring (bicyclic) bond motifs is 2. The van der Waals surface area contributed by atoms with Gasteiger partial charge in [-0.25, -0.2) is 4.79 Å². The van der Waals surface area contributed by atoms with E-state index < -0.39 is 0 Å². The molecule has 0 amide bonds. The van der Waals surface area contributed by atoms with Gasteiger partial charge < -0.3 is 14.4 Å². The summed E-state index contributed by atoms with van der Waals surface area (Å²) in [7, 11) is 1.94. The Morgan fingerprint density at radius 3 is 2.66 bits per heavy atom. The molecule has 1 aromatic heterocycles. The summed E-state index contributed by atoms with van der Waals surface area (Å²) in [6.07, 6.45) is 0. The molecule has 0 unspecified atom stereocenters. The van der Waals surface area contributed by atoms with E-state index in [4.69, 9.17) is 4.74 Å². The smallest absolute Gasteiger partial charge is 0.340 e. The van der Waals surface area contributed by atoms with E-state index in [9.17, 15) is 9.90 Å². The number of aromatic nitrogens is 1. The number of hydrogen-bond donors (Lipinski definition) is 1. The third-order valence-corrected chi connectivity index (χ3v) is 6.61. The Labute approximate surface area is 181 Å². The lowest BCUT2D eigenvalue weighted by molar-refractivity contribution is 0.0527. The summed E-state index contributed by atoms with van der Waals surface area (Å²) in [5.41, 5.74) is 2.25. The molecular formula is C23H20BrNO3S. The number of phenolic OH excluding ortho intramolecular Hbond substituents is 1. The molecule has 1 heterocycles. The first-order valence-corrected chi connectivity index (χ1v) is 11.1. The van der Waals surface area contributed by atoms with E-state index in [1.54, 1.807) is 24.8 Å². The van der Waals surface area contributed by atoms with E-state index >= 15 is 0 Å². The number of carbonyl (C=O) groups is 1. The molecule has 0 spiro atoms. The zero-order valence-electron chi connectivity index (χ0n) is 16.1. The molecule has 4 aromatic rings. The second-order valence-corrected chi connectivity index (χ2v) is 8.62. The van der Waals surface area contributed by atoms with Crippen molar-refractivity contribution < 1.29 is 14.6 Å². The van der Waals surface area contributed by atoms with Crippen molar-refractivity contribution in [2.24, 2.45) is 7.05 Å². The highest BCUT2D eigenvalue weighted by molar-refractivity contribution is 9.10. The van der Waals surface area contributed by atoms with Crippen molar-refractivity contribution in [1.29, 1.82) is 0 Å². The van der Waals surface area contributed by atoms with E-state index in [0.29, 0.717) is 27.8 Å². The summed E-state index contributed by atoms with van der Waals surface area (Å²) in [5, 5.41) is 13.2. The molecule has 0 aliphatic carbocycles. The third-order valence-electron chi connectivity index (χ3n) is 4.97. The van der Waals surface area contributed by atoms with Gasteiger partial charge in [0.15, 0.2) is 0 Å². The maximum atomic E-state index is 12.7. The molecule has 0 aliphatic rings. The van der Waals surface area contributed by atoms with Gasteiger partial charge in [-0.1, -0.05) is 30.3 Å². The predicted octanol–water partition coefficient (Wildman–Crippen LogP) is 6.27. The van der Waals surface area contributed by atoms with Crippen LogP contribution < -0.4 is 0 Å². The van der Waals surface area contributed by atoms with Gasteiger partial charge in [-0.2, -0.15) is 0 Å². The predicted molar refractivity (Wildman–Crippen MR) is 122 cm³/mol. The summed E-state index contributed by atoms with van der Waals surface area (Å²) in [5.74, 6) is 0.340. The standard InChI is InChI=1S/C23H20BrNO3S/c1-3-28-23(27)22-17-11-21(26)18(24)12-19(17)25(2)20(22)13-29-16-9-8-14-6-4-5-7-15(14)10-16/h4-12,26H,3,13H2,1-2H3. The molecule has 0 radical (unpaired) electrons. The summed E-state index contributed by atoms with van der Waals surface area (Å²) >= 11 is 5.04. The maximum absolute atomic E-state index is 12.7. The van der Waals surface area contributed by atoms with Crippen LogP contribution in [0.15, 0.2) is 64.0 Å².